The number of hydrogen-bond acceptors (Lipinski definition) is 4. The van der Waals surface area contributed by atoms with Crippen molar-refractivity contribution >= 4 is 23.2 Å². The molecule has 2 atom stereocenters. The van der Waals surface area contributed by atoms with E-state index in [2.05, 4.69) is 54.5 Å². The van der Waals surface area contributed by atoms with Gasteiger partial charge in [0.1, 0.15) is 0 Å². The fourth-order valence-corrected chi connectivity index (χ4v) is 6.34. The van der Waals surface area contributed by atoms with Gasteiger partial charge in [0.25, 0.3) is 0 Å². The molecule has 1 fully saturated rings. The molecule has 0 saturated carbocycles. The molecule has 2 aromatic rings. The molecule has 1 aromatic heterocycles. The maximum Gasteiger partial charge on any atom is 0.236 e. The first-order valence-corrected chi connectivity index (χ1v) is 13.9. The van der Waals surface area contributed by atoms with Crippen molar-refractivity contribution < 1.29 is 9.59 Å². The van der Waals surface area contributed by atoms with Crippen molar-refractivity contribution in [3.8, 4) is 0 Å². The second kappa shape index (κ2) is 12.0. The quantitative estimate of drug-likeness (QED) is 0.535. The lowest BCUT2D eigenvalue weighted by molar-refractivity contribution is -0.137. The van der Waals surface area contributed by atoms with Gasteiger partial charge in [0.15, 0.2) is 0 Å². The second-order valence-corrected chi connectivity index (χ2v) is 10.6. The first-order valence-electron chi connectivity index (χ1n) is 13.0. The van der Waals surface area contributed by atoms with E-state index in [-0.39, 0.29) is 23.8 Å². The van der Waals surface area contributed by atoms with E-state index in [0.717, 1.165) is 58.2 Å². The predicted molar refractivity (Wildman–Crippen MR) is 139 cm³/mol. The highest BCUT2D eigenvalue weighted by molar-refractivity contribution is 7.10. The zero-order valence-electron chi connectivity index (χ0n) is 20.7. The summed E-state index contributed by atoms with van der Waals surface area (Å²) in [7, 11) is 0. The Morgan fingerprint density at radius 2 is 1.76 bits per heavy atom. The summed E-state index contributed by atoms with van der Waals surface area (Å²) < 4.78 is 0. The number of amides is 2. The third-order valence-corrected chi connectivity index (χ3v) is 8.42. The van der Waals surface area contributed by atoms with E-state index in [4.69, 9.17) is 0 Å². The highest BCUT2D eigenvalue weighted by Crippen LogP contribution is 2.37. The third kappa shape index (κ3) is 5.72. The zero-order chi connectivity index (χ0) is 23.9. The van der Waals surface area contributed by atoms with E-state index >= 15 is 0 Å². The summed E-state index contributed by atoms with van der Waals surface area (Å²) in [4.78, 5) is 34.3. The minimum absolute atomic E-state index is 0.127. The fourth-order valence-electron chi connectivity index (χ4n) is 5.44. The van der Waals surface area contributed by atoms with Crippen LogP contribution in [0.25, 0.3) is 0 Å². The maximum atomic E-state index is 13.4. The van der Waals surface area contributed by atoms with Crippen LogP contribution in [0.2, 0.25) is 0 Å². The highest BCUT2D eigenvalue weighted by atomic mass is 32.1. The smallest absolute Gasteiger partial charge is 0.236 e. The van der Waals surface area contributed by atoms with Gasteiger partial charge in [-0.05, 0) is 48.3 Å². The van der Waals surface area contributed by atoms with Gasteiger partial charge in [0.05, 0.1) is 12.6 Å². The van der Waals surface area contributed by atoms with E-state index < -0.39 is 0 Å². The van der Waals surface area contributed by atoms with Crippen LogP contribution < -0.4 is 0 Å². The van der Waals surface area contributed by atoms with Gasteiger partial charge in [-0.1, -0.05) is 57.0 Å². The van der Waals surface area contributed by atoms with Gasteiger partial charge in [-0.15, -0.1) is 11.3 Å². The van der Waals surface area contributed by atoms with Gasteiger partial charge in [-0.25, -0.2) is 0 Å². The summed E-state index contributed by atoms with van der Waals surface area (Å²) in [6.07, 6.45) is 5.97. The van der Waals surface area contributed by atoms with Gasteiger partial charge >= 0.3 is 0 Å². The number of carbonyl (C=O) groups excluding carboxylic acids is 2. The Labute approximate surface area is 208 Å². The van der Waals surface area contributed by atoms with Crippen molar-refractivity contribution in [1.82, 2.24) is 14.7 Å². The number of thiophene rings is 1. The number of carbonyl (C=O) groups is 2. The maximum absolute atomic E-state index is 13.4. The lowest BCUT2D eigenvalue weighted by Crippen LogP contribution is -2.45. The Morgan fingerprint density at radius 3 is 2.53 bits per heavy atom. The Kier molecular flexibility index (Phi) is 8.79. The highest BCUT2D eigenvalue weighted by Gasteiger charge is 2.32. The summed E-state index contributed by atoms with van der Waals surface area (Å²) in [5.74, 6) is 0.601. The monoisotopic (exact) mass is 481 g/mol. The zero-order valence-corrected chi connectivity index (χ0v) is 21.6. The van der Waals surface area contributed by atoms with Crippen LogP contribution in [0.1, 0.15) is 68.0 Å². The Balaban J connectivity index is 1.40. The third-order valence-electron chi connectivity index (χ3n) is 7.43. The minimum atomic E-state index is 0.127. The van der Waals surface area contributed by atoms with Crippen LogP contribution in [0, 0.1) is 5.92 Å². The molecule has 0 N–H and O–H groups in total. The van der Waals surface area contributed by atoms with Gasteiger partial charge in [0, 0.05) is 43.5 Å². The van der Waals surface area contributed by atoms with E-state index in [1.807, 2.05) is 27.2 Å². The topological polar surface area (TPSA) is 43.9 Å². The number of nitrogens with zero attached hydrogens (tertiary/aromatic N) is 3. The molecule has 0 aliphatic carbocycles. The predicted octanol–water partition coefficient (Wildman–Crippen LogP) is 4.97. The van der Waals surface area contributed by atoms with Crippen LogP contribution in [0.3, 0.4) is 0 Å². The standard InChI is InChI=1S/C28H39N3O2S/c1-3-5-10-22(4-2)28(33)30-16-9-15-29(18-19-30)26(32)21-31-17-13-25-24(14-20-34-25)27(31)23-11-7-6-8-12-23/h6-8,11-12,14,20,22,27H,3-5,9-10,13,15-19,21H2,1-2H3/t22-,27+/m0/s1. The Morgan fingerprint density at radius 1 is 1.00 bits per heavy atom. The molecular formula is C28H39N3O2S. The van der Waals surface area contributed by atoms with Crippen molar-refractivity contribution in [2.24, 2.45) is 5.92 Å². The summed E-state index contributed by atoms with van der Waals surface area (Å²) in [5.41, 5.74) is 2.60. The molecule has 0 unspecified atom stereocenters. The van der Waals surface area contributed by atoms with E-state index in [1.165, 1.54) is 16.0 Å². The Hall–Kier alpha value is -2.18. The van der Waals surface area contributed by atoms with Crippen LogP contribution in [-0.4, -0.2) is 65.8 Å². The minimum Gasteiger partial charge on any atom is -0.341 e. The first kappa shape index (κ1) is 24.9. The lowest BCUT2D eigenvalue weighted by atomic mass is 9.93. The molecule has 2 amide bonds. The van der Waals surface area contributed by atoms with Crippen LogP contribution in [0.5, 0.6) is 0 Å². The normalized spacial score (nSPS) is 20.0. The molecule has 1 aromatic carbocycles. The molecule has 184 valence electrons. The lowest BCUT2D eigenvalue weighted by Gasteiger charge is -2.37. The van der Waals surface area contributed by atoms with Gasteiger partial charge in [0.2, 0.25) is 11.8 Å². The van der Waals surface area contributed by atoms with E-state index in [1.54, 1.807) is 0 Å². The molecule has 3 heterocycles. The molecule has 2 aliphatic heterocycles. The van der Waals surface area contributed by atoms with Crippen molar-refractivity contribution in [3.05, 3.63) is 57.8 Å². The largest absolute Gasteiger partial charge is 0.341 e. The fraction of sp³-hybridized carbons (Fsp3) is 0.571. The molecule has 5 nitrogen and oxygen atoms in total. The van der Waals surface area contributed by atoms with E-state index in [9.17, 15) is 9.59 Å². The van der Waals surface area contributed by atoms with Gasteiger partial charge < -0.3 is 9.80 Å². The average Bonchev–Trinajstić information content (AvgIpc) is 3.20. The first-order chi connectivity index (χ1) is 16.6. The van der Waals surface area contributed by atoms with Crippen LogP contribution in [0.15, 0.2) is 41.8 Å². The molecular weight excluding hydrogens is 442 g/mol. The van der Waals surface area contributed by atoms with Gasteiger partial charge in [-0.2, -0.15) is 0 Å². The summed E-state index contributed by atoms with van der Waals surface area (Å²) >= 11 is 1.83. The molecule has 34 heavy (non-hydrogen) atoms. The number of unbranched alkanes of at least 4 members (excludes halogenated alkanes) is 1. The van der Waals surface area contributed by atoms with Crippen molar-refractivity contribution in [3.63, 3.8) is 0 Å². The SMILES string of the molecule is CCCC[C@H](CC)C(=O)N1CCCN(C(=O)CN2CCc3sccc3[C@H]2c2ccccc2)CC1. The van der Waals surface area contributed by atoms with Gasteiger partial charge in [-0.3, -0.25) is 14.5 Å². The number of rotatable bonds is 8. The molecule has 0 bridgehead atoms. The summed E-state index contributed by atoms with van der Waals surface area (Å²) in [6.45, 7) is 8.42. The van der Waals surface area contributed by atoms with Crippen LogP contribution in [-0.2, 0) is 16.0 Å². The molecule has 2 aliphatic rings. The number of benzene rings is 1. The molecule has 6 heteroatoms. The number of hydrogen-bond donors (Lipinski definition) is 0. The van der Waals surface area contributed by atoms with Crippen molar-refractivity contribution in [1.29, 1.82) is 0 Å². The Bertz CT molecular complexity index is 944. The molecule has 0 spiro atoms. The van der Waals surface area contributed by atoms with Crippen LogP contribution >= 0.6 is 11.3 Å². The molecule has 0 radical (unpaired) electrons. The van der Waals surface area contributed by atoms with Crippen LogP contribution in [0.4, 0.5) is 0 Å². The summed E-state index contributed by atoms with van der Waals surface area (Å²) in [6, 6.07) is 12.9. The second-order valence-electron chi connectivity index (χ2n) is 9.64. The van der Waals surface area contributed by atoms with Crippen molar-refractivity contribution in [2.45, 2.75) is 58.4 Å². The molecule has 4 rings (SSSR count). The average molecular weight is 482 g/mol. The number of fused-ring (bicyclic) bond motifs is 1. The molecule has 1 saturated heterocycles. The van der Waals surface area contributed by atoms with E-state index in [0.29, 0.717) is 19.6 Å². The van der Waals surface area contributed by atoms with Crippen molar-refractivity contribution in [2.75, 3.05) is 39.3 Å². The summed E-state index contributed by atoms with van der Waals surface area (Å²) in [5, 5.41) is 2.18.